The smallest absolute Gasteiger partial charge is 0.261 e. The summed E-state index contributed by atoms with van der Waals surface area (Å²) in [6, 6.07) is 6.96. The molecule has 0 saturated carbocycles. The van der Waals surface area contributed by atoms with Crippen molar-refractivity contribution in [3.05, 3.63) is 35.4 Å². The van der Waals surface area contributed by atoms with E-state index >= 15 is 0 Å². The summed E-state index contributed by atoms with van der Waals surface area (Å²) in [7, 11) is 0. The highest BCUT2D eigenvalue weighted by Gasteiger charge is 2.34. The highest BCUT2D eigenvalue weighted by molar-refractivity contribution is 9.09. The summed E-state index contributed by atoms with van der Waals surface area (Å²) in [5.74, 6) is -0.345. The first kappa shape index (κ1) is 11.3. The summed E-state index contributed by atoms with van der Waals surface area (Å²) in [6.07, 6.45) is 0.769. The summed E-state index contributed by atoms with van der Waals surface area (Å²) in [5, 5.41) is 0. The molecule has 0 fully saturated rings. The molecule has 1 atom stereocenters. The van der Waals surface area contributed by atoms with E-state index in [-0.39, 0.29) is 11.8 Å². The number of imide groups is 1. The van der Waals surface area contributed by atoms with E-state index in [9.17, 15) is 9.59 Å². The molecule has 4 heteroatoms. The lowest BCUT2D eigenvalue weighted by Crippen LogP contribution is -2.31. The molecular weight excluding hydrogens is 270 g/mol. The van der Waals surface area contributed by atoms with Crippen molar-refractivity contribution in [3.8, 4) is 0 Å². The Morgan fingerprint density at radius 2 is 1.69 bits per heavy atom. The van der Waals surface area contributed by atoms with Gasteiger partial charge in [-0.3, -0.25) is 14.5 Å². The molecular formula is C12H12BrNO2. The van der Waals surface area contributed by atoms with Crippen molar-refractivity contribution >= 4 is 27.7 Å². The third-order valence-electron chi connectivity index (χ3n) is 2.63. The van der Waals surface area contributed by atoms with Gasteiger partial charge < -0.3 is 0 Å². The van der Waals surface area contributed by atoms with Gasteiger partial charge in [-0.25, -0.2) is 0 Å². The zero-order valence-electron chi connectivity index (χ0n) is 8.94. The van der Waals surface area contributed by atoms with Gasteiger partial charge in [0.25, 0.3) is 11.8 Å². The second kappa shape index (κ2) is 4.37. The van der Waals surface area contributed by atoms with Crippen molar-refractivity contribution in [2.45, 2.75) is 18.2 Å². The van der Waals surface area contributed by atoms with Crippen LogP contribution in [-0.4, -0.2) is 28.1 Å². The number of hydrogen-bond acceptors (Lipinski definition) is 2. The molecule has 2 rings (SSSR count). The van der Waals surface area contributed by atoms with Gasteiger partial charge in [0.05, 0.1) is 11.1 Å². The van der Waals surface area contributed by atoms with Crippen LogP contribution in [-0.2, 0) is 0 Å². The molecule has 0 aromatic heterocycles. The fourth-order valence-electron chi connectivity index (χ4n) is 1.75. The van der Waals surface area contributed by atoms with Crippen molar-refractivity contribution in [1.29, 1.82) is 0 Å². The molecule has 1 aliphatic rings. The van der Waals surface area contributed by atoms with Crippen LogP contribution in [0.4, 0.5) is 0 Å². The first-order valence-corrected chi connectivity index (χ1v) is 6.12. The third-order valence-corrected chi connectivity index (χ3v) is 3.09. The molecule has 16 heavy (non-hydrogen) atoms. The predicted octanol–water partition coefficient (Wildman–Crippen LogP) is 2.46. The molecule has 0 saturated heterocycles. The molecule has 0 radical (unpaired) electrons. The van der Waals surface area contributed by atoms with Gasteiger partial charge in [-0.05, 0) is 18.6 Å². The number of benzene rings is 1. The number of halogens is 1. The maximum Gasteiger partial charge on any atom is 0.261 e. The molecule has 1 aromatic rings. The number of carbonyl (C=O) groups excluding carboxylic acids is 2. The molecule has 1 heterocycles. The maximum absolute atomic E-state index is 11.9. The summed E-state index contributed by atoms with van der Waals surface area (Å²) < 4.78 is 0. The number of carbonyl (C=O) groups is 2. The Hall–Kier alpha value is -1.16. The number of fused-ring (bicyclic) bond motifs is 1. The van der Waals surface area contributed by atoms with Crippen LogP contribution in [0.15, 0.2) is 24.3 Å². The summed E-state index contributed by atoms with van der Waals surface area (Å²) in [4.78, 5) is 25.4. The molecule has 0 N–H and O–H groups in total. The van der Waals surface area contributed by atoms with Crippen LogP contribution >= 0.6 is 15.9 Å². The van der Waals surface area contributed by atoms with Crippen molar-refractivity contribution in [3.63, 3.8) is 0 Å². The summed E-state index contributed by atoms with van der Waals surface area (Å²) in [6.45, 7) is 2.47. The second-order valence-electron chi connectivity index (χ2n) is 3.88. The Bertz CT molecular complexity index is 407. The Morgan fingerprint density at radius 3 is 2.12 bits per heavy atom. The van der Waals surface area contributed by atoms with E-state index < -0.39 is 0 Å². The van der Waals surface area contributed by atoms with Gasteiger partial charge in [0, 0.05) is 11.4 Å². The van der Waals surface area contributed by atoms with Crippen LogP contribution in [0.5, 0.6) is 0 Å². The Kier molecular flexibility index (Phi) is 3.10. The van der Waals surface area contributed by atoms with Crippen molar-refractivity contribution in [1.82, 2.24) is 4.90 Å². The predicted molar refractivity (Wildman–Crippen MR) is 64.8 cm³/mol. The van der Waals surface area contributed by atoms with Gasteiger partial charge in [-0.1, -0.05) is 35.0 Å². The quantitative estimate of drug-likeness (QED) is 0.631. The highest BCUT2D eigenvalue weighted by atomic mass is 79.9. The summed E-state index contributed by atoms with van der Waals surface area (Å²) in [5.41, 5.74) is 1.05. The topological polar surface area (TPSA) is 37.4 Å². The van der Waals surface area contributed by atoms with Gasteiger partial charge in [0.2, 0.25) is 0 Å². The Balaban J connectivity index is 2.22. The average Bonchev–Trinajstić information content (AvgIpc) is 2.50. The zero-order chi connectivity index (χ0) is 11.7. The van der Waals surface area contributed by atoms with Crippen LogP contribution in [0.1, 0.15) is 34.1 Å². The zero-order valence-corrected chi connectivity index (χ0v) is 10.5. The molecule has 84 valence electrons. The van der Waals surface area contributed by atoms with E-state index in [0.29, 0.717) is 22.5 Å². The molecule has 1 aliphatic heterocycles. The number of amides is 2. The van der Waals surface area contributed by atoms with Crippen LogP contribution < -0.4 is 0 Å². The van der Waals surface area contributed by atoms with Gasteiger partial charge in [0.1, 0.15) is 0 Å². The van der Waals surface area contributed by atoms with E-state index in [0.717, 1.165) is 6.42 Å². The molecule has 0 aliphatic carbocycles. The van der Waals surface area contributed by atoms with Gasteiger partial charge in [0.15, 0.2) is 0 Å². The van der Waals surface area contributed by atoms with Crippen LogP contribution in [0.2, 0.25) is 0 Å². The number of nitrogens with zero attached hydrogens (tertiary/aromatic N) is 1. The lowest BCUT2D eigenvalue weighted by atomic mass is 10.1. The number of hydrogen-bond donors (Lipinski definition) is 0. The first-order valence-electron chi connectivity index (χ1n) is 5.20. The SMILES string of the molecule is C[C@@H](Br)CCN1C(=O)c2ccccc2C1=O. The Labute approximate surface area is 103 Å². The standard InChI is InChI=1S/C12H12BrNO2/c1-8(13)6-7-14-11(15)9-4-2-3-5-10(9)12(14)16/h2-5,8H,6-7H2,1H3/t8-/m1/s1. The van der Waals surface area contributed by atoms with Crippen molar-refractivity contribution in [2.75, 3.05) is 6.54 Å². The molecule has 0 unspecified atom stereocenters. The lowest BCUT2D eigenvalue weighted by Gasteiger charge is -2.14. The summed E-state index contributed by atoms with van der Waals surface area (Å²) >= 11 is 3.41. The Morgan fingerprint density at radius 1 is 1.19 bits per heavy atom. The van der Waals surface area contributed by atoms with Crippen LogP contribution in [0.3, 0.4) is 0 Å². The van der Waals surface area contributed by atoms with Crippen LogP contribution in [0.25, 0.3) is 0 Å². The van der Waals surface area contributed by atoms with Gasteiger partial charge >= 0.3 is 0 Å². The monoisotopic (exact) mass is 281 g/mol. The van der Waals surface area contributed by atoms with E-state index in [2.05, 4.69) is 15.9 Å². The molecule has 3 nitrogen and oxygen atoms in total. The molecule has 0 bridgehead atoms. The largest absolute Gasteiger partial charge is 0.274 e. The molecule has 2 amide bonds. The van der Waals surface area contributed by atoms with E-state index in [4.69, 9.17) is 0 Å². The fraction of sp³-hybridized carbons (Fsp3) is 0.333. The lowest BCUT2D eigenvalue weighted by molar-refractivity contribution is 0.0653. The molecule has 0 spiro atoms. The maximum atomic E-state index is 11.9. The fourth-order valence-corrected chi connectivity index (χ4v) is 1.95. The number of alkyl halides is 1. The first-order chi connectivity index (χ1) is 7.61. The third kappa shape index (κ3) is 1.89. The van der Waals surface area contributed by atoms with Gasteiger partial charge in [-0.2, -0.15) is 0 Å². The van der Waals surface area contributed by atoms with E-state index in [1.54, 1.807) is 24.3 Å². The normalized spacial score (nSPS) is 16.5. The number of rotatable bonds is 3. The van der Waals surface area contributed by atoms with Crippen molar-refractivity contribution in [2.24, 2.45) is 0 Å². The molecule has 1 aromatic carbocycles. The second-order valence-corrected chi connectivity index (χ2v) is 5.44. The minimum Gasteiger partial charge on any atom is -0.274 e. The van der Waals surface area contributed by atoms with E-state index in [1.807, 2.05) is 6.92 Å². The van der Waals surface area contributed by atoms with Gasteiger partial charge in [-0.15, -0.1) is 0 Å². The minimum absolute atomic E-state index is 0.172. The highest BCUT2D eigenvalue weighted by Crippen LogP contribution is 2.23. The average molecular weight is 282 g/mol. The van der Waals surface area contributed by atoms with E-state index in [1.165, 1.54) is 4.90 Å². The van der Waals surface area contributed by atoms with Crippen molar-refractivity contribution < 1.29 is 9.59 Å². The minimum atomic E-state index is -0.172. The van der Waals surface area contributed by atoms with Crippen LogP contribution in [0, 0.1) is 0 Å².